The highest BCUT2D eigenvalue weighted by atomic mass is 35.5. The standard InChI is InChI=1S/C15H9ClN4OS/c16-10-5-3-9(4-6-10)14-17-15(21-20-14)12-8-11(18-19-12)13-2-1-7-22-13/h1-8H,(H,18,19). The highest BCUT2D eigenvalue weighted by Gasteiger charge is 2.14. The van der Waals surface area contributed by atoms with E-state index in [0.717, 1.165) is 16.1 Å². The first-order valence-electron chi connectivity index (χ1n) is 6.49. The molecule has 4 aromatic rings. The minimum atomic E-state index is 0.379. The van der Waals surface area contributed by atoms with E-state index in [9.17, 15) is 0 Å². The molecule has 0 saturated carbocycles. The minimum absolute atomic E-state index is 0.379. The quantitative estimate of drug-likeness (QED) is 0.601. The lowest BCUT2D eigenvalue weighted by molar-refractivity contribution is 0.431. The third-order valence-electron chi connectivity index (χ3n) is 3.11. The summed E-state index contributed by atoms with van der Waals surface area (Å²) in [6.45, 7) is 0. The zero-order chi connectivity index (χ0) is 14.9. The van der Waals surface area contributed by atoms with Crippen molar-refractivity contribution in [2.45, 2.75) is 0 Å². The number of halogens is 1. The molecule has 22 heavy (non-hydrogen) atoms. The number of aromatic nitrogens is 4. The maximum atomic E-state index is 5.87. The summed E-state index contributed by atoms with van der Waals surface area (Å²) in [7, 11) is 0. The molecule has 3 aromatic heterocycles. The number of aromatic amines is 1. The van der Waals surface area contributed by atoms with Gasteiger partial charge in [-0.15, -0.1) is 11.3 Å². The van der Waals surface area contributed by atoms with Crippen LogP contribution in [0.15, 0.2) is 52.4 Å². The molecule has 0 unspecified atom stereocenters. The van der Waals surface area contributed by atoms with E-state index in [2.05, 4.69) is 20.3 Å². The lowest BCUT2D eigenvalue weighted by atomic mass is 10.2. The third-order valence-corrected chi connectivity index (χ3v) is 4.27. The van der Waals surface area contributed by atoms with Crippen LogP contribution >= 0.6 is 22.9 Å². The van der Waals surface area contributed by atoms with Crippen LogP contribution in [-0.4, -0.2) is 20.3 Å². The molecule has 0 aliphatic carbocycles. The number of hydrogen-bond donors (Lipinski definition) is 1. The summed E-state index contributed by atoms with van der Waals surface area (Å²) < 4.78 is 5.29. The molecule has 0 aliphatic heterocycles. The summed E-state index contributed by atoms with van der Waals surface area (Å²) in [5, 5.41) is 13.9. The molecule has 0 bridgehead atoms. The van der Waals surface area contributed by atoms with Crippen molar-refractivity contribution in [2.24, 2.45) is 0 Å². The summed E-state index contributed by atoms with van der Waals surface area (Å²) in [5.74, 6) is 0.886. The van der Waals surface area contributed by atoms with E-state index in [1.165, 1.54) is 0 Å². The Morgan fingerprint density at radius 1 is 1.14 bits per heavy atom. The Kier molecular flexibility index (Phi) is 3.25. The topological polar surface area (TPSA) is 67.6 Å². The van der Waals surface area contributed by atoms with Crippen LogP contribution in [0.1, 0.15) is 0 Å². The van der Waals surface area contributed by atoms with Crippen molar-refractivity contribution >= 4 is 22.9 Å². The molecule has 1 aromatic carbocycles. The number of benzene rings is 1. The molecule has 1 N–H and O–H groups in total. The van der Waals surface area contributed by atoms with Crippen LogP contribution in [0.4, 0.5) is 0 Å². The molecule has 108 valence electrons. The normalized spacial score (nSPS) is 11.0. The number of hydrogen-bond acceptors (Lipinski definition) is 5. The van der Waals surface area contributed by atoms with Gasteiger partial charge in [0.1, 0.15) is 0 Å². The second kappa shape index (κ2) is 5.40. The van der Waals surface area contributed by atoms with Gasteiger partial charge in [-0.1, -0.05) is 22.8 Å². The fraction of sp³-hybridized carbons (Fsp3) is 0. The van der Waals surface area contributed by atoms with E-state index in [-0.39, 0.29) is 0 Å². The van der Waals surface area contributed by atoms with Crippen LogP contribution in [0.5, 0.6) is 0 Å². The van der Waals surface area contributed by atoms with Crippen molar-refractivity contribution < 1.29 is 4.52 Å². The van der Waals surface area contributed by atoms with Gasteiger partial charge >= 0.3 is 0 Å². The van der Waals surface area contributed by atoms with Crippen LogP contribution in [0.2, 0.25) is 5.02 Å². The molecule has 0 fully saturated rings. The van der Waals surface area contributed by atoms with E-state index < -0.39 is 0 Å². The summed E-state index contributed by atoms with van der Waals surface area (Å²) in [6.07, 6.45) is 0. The largest absolute Gasteiger partial charge is 0.332 e. The Labute approximate surface area is 134 Å². The van der Waals surface area contributed by atoms with Gasteiger partial charge in [-0.3, -0.25) is 5.10 Å². The Hall–Kier alpha value is -2.44. The zero-order valence-electron chi connectivity index (χ0n) is 11.2. The van der Waals surface area contributed by atoms with Gasteiger partial charge in [0.05, 0.1) is 10.6 Å². The van der Waals surface area contributed by atoms with E-state index in [4.69, 9.17) is 16.1 Å². The number of nitrogens with one attached hydrogen (secondary N) is 1. The predicted molar refractivity (Wildman–Crippen MR) is 85.6 cm³/mol. The SMILES string of the molecule is Clc1ccc(-c2noc(-c3cc(-c4cccs4)[nH]n3)n2)cc1. The zero-order valence-corrected chi connectivity index (χ0v) is 12.7. The fourth-order valence-electron chi connectivity index (χ4n) is 2.03. The van der Waals surface area contributed by atoms with Crippen molar-refractivity contribution in [1.29, 1.82) is 0 Å². The molecule has 0 saturated heterocycles. The highest BCUT2D eigenvalue weighted by Crippen LogP contribution is 2.27. The molecule has 0 atom stereocenters. The van der Waals surface area contributed by atoms with Crippen molar-refractivity contribution in [3.8, 4) is 33.5 Å². The maximum absolute atomic E-state index is 5.87. The lowest BCUT2D eigenvalue weighted by Crippen LogP contribution is -1.81. The number of nitrogens with zero attached hydrogens (tertiary/aromatic N) is 3. The highest BCUT2D eigenvalue weighted by molar-refractivity contribution is 7.13. The number of H-pyrrole nitrogens is 1. The van der Waals surface area contributed by atoms with E-state index in [1.54, 1.807) is 23.5 Å². The Morgan fingerprint density at radius 2 is 2.00 bits per heavy atom. The van der Waals surface area contributed by atoms with Crippen molar-refractivity contribution in [3.05, 3.63) is 52.9 Å². The smallest absolute Gasteiger partial charge is 0.278 e. The number of thiophene rings is 1. The molecule has 4 rings (SSSR count). The summed E-state index contributed by atoms with van der Waals surface area (Å²) in [6, 6.07) is 13.2. The second-order valence-corrected chi connectivity index (χ2v) is 5.96. The maximum Gasteiger partial charge on any atom is 0.278 e. The molecule has 3 heterocycles. The van der Waals surface area contributed by atoms with Crippen molar-refractivity contribution in [3.63, 3.8) is 0 Å². The first kappa shape index (κ1) is 13.2. The van der Waals surface area contributed by atoms with E-state index >= 15 is 0 Å². The molecule has 0 amide bonds. The average molecular weight is 329 g/mol. The van der Waals surface area contributed by atoms with Gasteiger partial charge in [0, 0.05) is 10.6 Å². The first-order chi connectivity index (χ1) is 10.8. The van der Waals surface area contributed by atoms with Crippen LogP contribution in [-0.2, 0) is 0 Å². The Balaban J connectivity index is 1.65. The van der Waals surface area contributed by atoms with Crippen LogP contribution in [0, 0.1) is 0 Å². The Bertz CT molecular complexity index is 896. The Morgan fingerprint density at radius 3 is 2.77 bits per heavy atom. The molecule has 0 aliphatic rings. The van der Waals surface area contributed by atoms with Gasteiger partial charge in [0.2, 0.25) is 5.82 Å². The van der Waals surface area contributed by atoms with E-state index in [0.29, 0.717) is 22.4 Å². The predicted octanol–water partition coefficient (Wildman–Crippen LogP) is 4.51. The van der Waals surface area contributed by atoms with Gasteiger partial charge in [-0.2, -0.15) is 10.1 Å². The minimum Gasteiger partial charge on any atom is -0.332 e. The first-order valence-corrected chi connectivity index (χ1v) is 7.75. The number of rotatable bonds is 3. The molecule has 0 radical (unpaired) electrons. The van der Waals surface area contributed by atoms with Crippen LogP contribution in [0.25, 0.3) is 33.5 Å². The molecule has 7 heteroatoms. The molecule has 5 nitrogen and oxygen atoms in total. The van der Waals surface area contributed by atoms with Gasteiger partial charge in [0.25, 0.3) is 5.89 Å². The summed E-state index contributed by atoms with van der Waals surface area (Å²) in [4.78, 5) is 5.48. The van der Waals surface area contributed by atoms with Gasteiger partial charge < -0.3 is 4.52 Å². The van der Waals surface area contributed by atoms with E-state index in [1.807, 2.05) is 35.7 Å². The van der Waals surface area contributed by atoms with Gasteiger partial charge in [0.15, 0.2) is 5.69 Å². The molecular formula is C15H9ClN4OS. The monoisotopic (exact) mass is 328 g/mol. The molecular weight excluding hydrogens is 320 g/mol. The van der Waals surface area contributed by atoms with Crippen molar-refractivity contribution in [2.75, 3.05) is 0 Å². The van der Waals surface area contributed by atoms with Gasteiger partial charge in [-0.25, -0.2) is 0 Å². The van der Waals surface area contributed by atoms with Crippen LogP contribution < -0.4 is 0 Å². The summed E-state index contributed by atoms with van der Waals surface area (Å²) in [5.41, 5.74) is 2.39. The summed E-state index contributed by atoms with van der Waals surface area (Å²) >= 11 is 7.51. The second-order valence-electron chi connectivity index (χ2n) is 4.57. The average Bonchev–Trinajstić information content (AvgIpc) is 3.27. The molecule has 0 spiro atoms. The van der Waals surface area contributed by atoms with Crippen molar-refractivity contribution in [1.82, 2.24) is 20.3 Å². The van der Waals surface area contributed by atoms with Crippen LogP contribution in [0.3, 0.4) is 0 Å². The van der Waals surface area contributed by atoms with Gasteiger partial charge in [-0.05, 0) is 41.8 Å². The fourth-order valence-corrected chi connectivity index (χ4v) is 2.85. The third kappa shape index (κ3) is 2.43. The lowest BCUT2D eigenvalue weighted by Gasteiger charge is -1.92.